The Hall–Kier alpha value is -3.07. The van der Waals surface area contributed by atoms with Crippen molar-refractivity contribution in [1.82, 2.24) is 4.90 Å². The number of aliphatic hydroxyl groups is 2. The molecule has 7 nitrogen and oxygen atoms in total. The average molecular weight is 701 g/mol. The lowest BCUT2D eigenvalue weighted by molar-refractivity contribution is -0.253. The maximum absolute atomic E-state index is 12.9. The quantitative estimate of drug-likeness (QED) is 0.0853. The summed E-state index contributed by atoms with van der Waals surface area (Å²) in [6, 6.07) is 25.3. The van der Waals surface area contributed by atoms with E-state index in [2.05, 4.69) is 17.1 Å². The van der Waals surface area contributed by atoms with Gasteiger partial charge in [0, 0.05) is 36.7 Å². The molecular formula is C44H64N2O5. The van der Waals surface area contributed by atoms with Crippen LogP contribution in [0.3, 0.4) is 0 Å². The van der Waals surface area contributed by atoms with Gasteiger partial charge in [0.1, 0.15) is 0 Å². The van der Waals surface area contributed by atoms with Crippen LogP contribution in [0.5, 0.6) is 0 Å². The highest BCUT2D eigenvalue weighted by Gasteiger charge is 2.34. The predicted octanol–water partition coefficient (Wildman–Crippen LogP) is 10.2. The van der Waals surface area contributed by atoms with Gasteiger partial charge in [0.25, 0.3) is 0 Å². The smallest absolute Gasteiger partial charge is 0.224 e. The molecule has 280 valence electrons. The van der Waals surface area contributed by atoms with Crippen molar-refractivity contribution in [1.29, 1.82) is 0 Å². The first-order valence-electron chi connectivity index (χ1n) is 19.7. The van der Waals surface area contributed by atoms with Gasteiger partial charge in [0.15, 0.2) is 6.29 Å². The molecule has 1 saturated heterocycles. The summed E-state index contributed by atoms with van der Waals surface area (Å²) in [5.74, 6) is 0.0352. The van der Waals surface area contributed by atoms with Crippen molar-refractivity contribution < 1.29 is 24.5 Å². The molecule has 0 aliphatic carbocycles. The van der Waals surface area contributed by atoms with E-state index in [1.165, 1.54) is 70.6 Å². The SMILES string of the molecule is CCCCCCCCCCCCCCCC(=O)Nc1cccc(C2OC(CN(C)C(C)C(O)c3ccccc3)CC(c3ccc(CO)cc3)O2)c1. The van der Waals surface area contributed by atoms with Crippen LogP contribution in [0.4, 0.5) is 5.69 Å². The molecule has 1 aliphatic heterocycles. The highest BCUT2D eigenvalue weighted by atomic mass is 16.7. The molecular weight excluding hydrogens is 636 g/mol. The Balaban J connectivity index is 1.28. The Morgan fingerprint density at radius 2 is 1.43 bits per heavy atom. The summed E-state index contributed by atoms with van der Waals surface area (Å²) in [6.07, 6.45) is 16.2. The number of carbonyl (C=O) groups excluding carboxylic acids is 1. The number of unbranched alkanes of at least 4 members (excludes halogenated alkanes) is 12. The highest BCUT2D eigenvalue weighted by Crippen LogP contribution is 2.39. The molecule has 0 saturated carbocycles. The Morgan fingerprint density at radius 3 is 2.06 bits per heavy atom. The summed E-state index contributed by atoms with van der Waals surface area (Å²) in [6.45, 7) is 4.89. The molecule has 5 atom stereocenters. The van der Waals surface area contributed by atoms with Gasteiger partial charge in [-0.3, -0.25) is 9.69 Å². The molecule has 7 heteroatoms. The fourth-order valence-electron chi connectivity index (χ4n) is 6.98. The van der Waals surface area contributed by atoms with E-state index in [9.17, 15) is 15.0 Å². The number of anilines is 1. The number of aliphatic hydroxyl groups excluding tert-OH is 2. The first kappa shape index (κ1) is 40.7. The lowest BCUT2D eigenvalue weighted by atomic mass is 9.98. The third-order valence-corrected chi connectivity index (χ3v) is 10.3. The number of ether oxygens (including phenoxy) is 2. The second-order valence-corrected chi connectivity index (χ2v) is 14.6. The number of likely N-dealkylation sites (N-methyl/N-ethyl adjacent to an activating group) is 1. The number of carbonyl (C=O) groups is 1. The molecule has 3 aromatic rings. The minimum Gasteiger partial charge on any atom is -0.392 e. The van der Waals surface area contributed by atoms with Gasteiger partial charge in [0.05, 0.1) is 24.9 Å². The normalized spacial score (nSPS) is 18.8. The van der Waals surface area contributed by atoms with Crippen molar-refractivity contribution in [3.63, 3.8) is 0 Å². The number of nitrogens with one attached hydrogen (secondary N) is 1. The van der Waals surface area contributed by atoms with Gasteiger partial charge in [0.2, 0.25) is 5.91 Å². The van der Waals surface area contributed by atoms with Crippen molar-refractivity contribution >= 4 is 11.6 Å². The van der Waals surface area contributed by atoms with Crippen LogP contribution >= 0.6 is 0 Å². The van der Waals surface area contributed by atoms with Gasteiger partial charge in [-0.1, -0.05) is 151 Å². The van der Waals surface area contributed by atoms with Gasteiger partial charge >= 0.3 is 0 Å². The highest BCUT2D eigenvalue weighted by molar-refractivity contribution is 5.90. The Bertz CT molecular complexity index is 1380. The zero-order valence-electron chi connectivity index (χ0n) is 31.5. The van der Waals surface area contributed by atoms with Gasteiger partial charge in [-0.05, 0) is 49.2 Å². The molecule has 0 radical (unpaired) electrons. The molecule has 3 N–H and O–H groups in total. The second kappa shape index (κ2) is 22.8. The van der Waals surface area contributed by atoms with Crippen LogP contribution in [-0.2, 0) is 20.9 Å². The number of hydrogen-bond acceptors (Lipinski definition) is 6. The fourth-order valence-corrected chi connectivity index (χ4v) is 6.98. The summed E-state index contributed by atoms with van der Waals surface area (Å²) >= 11 is 0. The Morgan fingerprint density at radius 1 is 0.804 bits per heavy atom. The molecule has 0 spiro atoms. The number of benzene rings is 3. The molecule has 0 aromatic heterocycles. The fraction of sp³-hybridized carbons (Fsp3) is 0.568. The summed E-state index contributed by atoms with van der Waals surface area (Å²) < 4.78 is 13.2. The maximum atomic E-state index is 12.9. The van der Waals surface area contributed by atoms with E-state index in [0.717, 1.165) is 40.8 Å². The number of rotatable bonds is 23. The van der Waals surface area contributed by atoms with E-state index in [1.54, 1.807) is 0 Å². The number of amides is 1. The molecule has 1 heterocycles. The van der Waals surface area contributed by atoms with E-state index >= 15 is 0 Å². The third-order valence-electron chi connectivity index (χ3n) is 10.3. The maximum Gasteiger partial charge on any atom is 0.224 e. The third kappa shape index (κ3) is 14.1. The summed E-state index contributed by atoms with van der Waals surface area (Å²) in [5, 5.41) is 23.8. The van der Waals surface area contributed by atoms with Gasteiger partial charge in [-0.15, -0.1) is 0 Å². The molecule has 4 rings (SSSR count). The van der Waals surface area contributed by atoms with Crippen molar-refractivity contribution in [2.45, 2.75) is 147 Å². The van der Waals surface area contributed by atoms with Crippen LogP contribution < -0.4 is 5.32 Å². The average Bonchev–Trinajstić information content (AvgIpc) is 3.16. The monoisotopic (exact) mass is 700 g/mol. The molecule has 0 bridgehead atoms. The topological polar surface area (TPSA) is 91.3 Å². The minimum atomic E-state index is -0.632. The van der Waals surface area contributed by atoms with Crippen molar-refractivity contribution in [3.05, 3.63) is 101 Å². The van der Waals surface area contributed by atoms with Crippen LogP contribution in [0, 0.1) is 0 Å². The summed E-state index contributed by atoms with van der Waals surface area (Å²) in [7, 11) is 2.02. The lowest BCUT2D eigenvalue weighted by Crippen LogP contribution is -2.43. The van der Waals surface area contributed by atoms with Gasteiger partial charge in [-0.2, -0.15) is 0 Å². The Labute approximate surface area is 307 Å². The zero-order valence-corrected chi connectivity index (χ0v) is 31.5. The first-order chi connectivity index (χ1) is 24.9. The van der Waals surface area contributed by atoms with Crippen LogP contribution in [0.25, 0.3) is 0 Å². The molecule has 5 unspecified atom stereocenters. The number of nitrogens with zero attached hydrogens (tertiary/aromatic N) is 1. The van der Waals surface area contributed by atoms with Gasteiger partial charge < -0.3 is 25.0 Å². The Kier molecular flexibility index (Phi) is 18.2. The number of hydrogen-bond donors (Lipinski definition) is 3. The largest absolute Gasteiger partial charge is 0.392 e. The van der Waals surface area contributed by atoms with E-state index in [-0.39, 0.29) is 30.8 Å². The molecule has 1 aliphatic rings. The minimum absolute atomic E-state index is 0.00947. The van der Waals surface area contributed by atoms with E-state index in [1.807, 2.05) is 92.8 Å². The lowest BCUT2D eigenvalue weighted by Gasteiger charge is -2.39. The molecule has 1 amide bonds. The van der Waals surface area contributed by atoms with E-state index in [4.69, 9.17) is 9.47 Å². The molecule has 51 heavy (non-hydrogen) atoms. The molecule has 3 aromatic carbocycles. The molecule has 1 fully saturated rings. The summed E-state index contributed by atoms with van der Waals surface area (Å²) in [4.78, 5) is 15.0. The van der Waals surface area contributed by atoms with Crippen LogP contribution in [0.1, 0.15) is 151 Å². The van der Waals surface area contributed by atoms with E-state index < -0.39 is 12.4 Å². The van der Waals surface area contributed by atoms with Crippen LogP contribution in [-0.4, -0.2) is 46.8 Å². The van der Waals surface area contributed by atoms with E-state index in [0.29, 0.717) is 19.4 Å². The first-order valence-corrected chi connectivity index (χ1v) is 19.7. The van der Waals surface area contributed by atoms with Gasteiger partial charge in [-0.25, -0.2) is 0 Å². The second-order valence-electron chi connectivity index (χ2n) is 14.6. The standard InChI is InChI=1S/C44H64N2O5/c1-4-5-6-7-8-9-10-11-12-13-14-15-19-25-42(48)45-39-24-20-23-38(30-39)44-50-40(31-41(51-44)36-28-26-35(33-47)27-29-36)32-46(3)34(2)43(49)37-21-17-16-18-22-37/h16-18,20-24,26-30,34,40-41,43-44,47,49H,4-15,19,25,31-33H2,1-3H3,(H,45,48). The predicted molar refractivity (Wildman–Crippen MR) is 207 cm³/mol. The zero-order chi connectivity index (χ0) is 36.3. The van der Waals surface area contributed by atoms with Crippen molar-refractivity contribution in [3.8, 4) is 0 Å². The van der Waals surface area contributed by atoms with Crippen LogP contribution in [0.2, 0.25) is 0 Å². The van der Waals surface area contributed by atoms with Crippen LogP contribution in [0.15, 0.2) is 78.9 Å². The summed E-state index contributed by atoms with van der Waals surface area (Å²) in [5.41, 5.74) is 4.34. The van der Waals surface area contributed by atoms with Crippen molar-refractivity contribution in [2.75, 3.05) is 18.9 Å². The van der Waals surface area contributed by atoms with Crippen molar-refractivity contribution in [2.24, 2.45) is 0 Å².